The Morgan fingerprint density at radius 2 is 1.93 bits per heavy atom. The average Bonchev–Trinajstić information content (AvgIpc) is 2.90. The highest BCUT2D eigenvalue weighted by molar-refractivity contribution is 7.18. The first-order valence-electron chi connectivity index (χ1n) is 10.5. The van der Waals surface area contributed by atoms with Crippen molar-refractivity contribution in [2.45, 2.75) is 39.7 Å². The van der Waals surface area contributed by atoms with Gasteiger partial charge in [0.15, 0.2) is 0 Å². The molecule has 0 atom stereocenters. The highest BCUT2D eigenvalue weighted by Gasteiger charge is 2.20. The van der Waals surface area contributed by atoms with E-state index in [0.717, 1.165) is 54.4 Å². The minimum atomic E-state index is -0.101. The molecule has 3 heterocycles. The molecule has 1 aromatic carbocycles. The standard InChI is InChI=1S/C23H28N4O2S/c1-16-17(2)30-23-21(16)22(29)24-19(25-23)9-10-20(28)27-12-6-11-26(13-14-27)15-18-7-4-3-5-8-18/h3-5,7-8H,6,9-15H2,1-2H3,(H,24,25,29). The molecule has 0 spiro atoms. The minimum Gasteiger partial charge on any atom is -0.341 e. The average molecular weight is 425 g/mol. The van der Waals surface area contributed by atoms with E-state index in [-0.39, 0.29) is 11.5 Å². The number of thiophene rings is 1. The fourth-order valence-electron chi connectivity index (χ4n) is 4.02. The van der Waals surface area contributed by atoms with Gasteiger partial charge in [-0.2, -0.15) is 0 Å². The summed E-state index contributed by atoms with van der Waals surface area (Å²) in [4.78, 5) is 38.9. The number of carbonyl (C=O) groups excluding carboxylic acids is 1. The Labute approximate surface area is 180 Å². The van der Waals surface area contributed by atoms with Crippen molar-refractivity contribution >= 4 is 27.5 Å². The first-order chi connectivity index (χ1) is 14.5. The topological polar surface area (TPSA) is 69.3 Å². The van der Waals surface area contributed by atoms with Crippen LogP contribution in [0.5, 0.6) is 0 Å². The summed E-state index contributed by atoms with van der Waals surface area (Å²) in [6.07, 6.45) is 1.81. The maximum Gasteiger partial charge on any atom is 0.259 e. The summed E-state index contributed by atoms with van der Waals surface area (Å²) in [6.45, 7) is 8.30. The summed E-state index contributed by atoms with van der Waals surface area (Å²) in [7, 11) is 0. The molecule has 4 rings (SSSR count). The van der Waals surface area contributed by atoms with Gasteiger partial charge in [-0.1, -0.05) is 30.3 Å². The lowest BCUT2D eigenvalue weighted by atomic mass is 10.2. The smallest absolute Gasteiger partial charge is 0.259 e. The molecule has 1 N–H and O–H groups in total. The summed E-state index contributed by atoms with van der Waals surface area (Å²) < 4.78 is 0. The van der Waals surface area contributed by atoms with Crippen molar-refractivity contribution in [3.8, 4) is 0 Å². The normalized spacial score (nSPS) is 15.5. The molecule has 0 radical (unpaired) electrons. The number of aromatic amines is 1. The van der Waals surface area contributed by atoms with Crippen LogP contribution < -0.4 is 5.56 Å². The Kier molecular flexibility index (Phi) is 6.29. The molecule has 0 saturated carbocycles. The second kappa shape index (κ2) is 9.10. The Hall–Kier alpha value is -2.51. The zero-order valence-electron chi connectivity index (χ0n) is 17.6. The van der Waals surface area contributed by atoms with Gasteiger partial charge in [0.05, 0.1) is 5.39 Å². The van der Waals surface area contributed by atoms with E-state index in [1.165, 1.54) is 5.56 Å². The zero-order chi connectivity index (χ0) is 21.1. The molecular formula is C23H28N4O2S. The van der Waals surface area contributed by atoms with Crippen LogP contribution in [0.1, 0.15) is 34.7 Å². The number of rotatable bonds is 5. The number of aryl methyl sites for hydroxylation is 3. The van der Waals surface area contributed by atoms with Gasteiger partial charge in [-0.3, -0.25) is 14.5 Å². The van der Waals surface area contributed by atoms with E-state index in [9.17, 15) is 9.59 Å². The predicted molar refractivity (Wildman–Crippen MR) is 121 cm³/mol. The van der Waals surface area contributed by atoms with Crippen LogP contribution in [0.4, 0.5) is 0 Å². The van der Waals surface area contributed by atoms with E-state index < -0.39 is 0 Å². The molecule has 1 fully saturated rings. The maximum absolute atomic E-state index is 12.8. The molecule has 6 nitrogen and oxygen atoms in total. The molecule has 0 bridgehead atoms. The quantitative estimate of drug-likeness (QED) is 0.683. The third-order valence-corrected chi connectivity index (χ3v) is 6.96. The third kappa shape index (κ3) is 4.63. The number of hydrogen-bond donors (Lipinski definition) is 1. The number of nitrogens with one attached hydrogen (secondary N) is 1. The van der Waals surface area contributed by atoms with Crippen LogP contribution in [-0.4, -0.2) is 51.9 Å². The van der Waals surface area contributed by atoms with Crippen molar-refractivity contribution in [3.05, 3.63) is 62.5 Å². The lowest BCUT2D eigenvalue weighted by molar-refractivity contribution is -0.131. The van der Waals surface area contributed by atoms with E-state index in [2.05, 4.69) is 39.1 Å². The van der Waals surface area contributed by atoms with Crippen LogP contribution in [0.25, 0.3) is 10.2 Å². The molecule has 1 saturated heterocycles. The molecule has 30 heavy (non-hydrogen) atoms. The van der Waals surface area contributed by atoms with Crippen molar-refractivity contribution in [1.82, 2.24) is 19.8 Å². The first kappa shape index (κ1) is 20.8. The fraction of sp³-hybridized carbons (Fsp3) is 0.435. The second-order valence-electron chi connectivity index (χ2n) is 7.97. The van der Waals surface area contributed by atoms with E-state index in [0.29, 0.717) is 24.1 Å². The van der Waals surface area contributed by atoms with Gasteiger partial charge in [0.1, 0.15) is 10.7 Å². The van der Waals surface area contributed by atoms with Gasteiger partial charge in [0.25, 0.3) is 5.56 Å². The van der Waals surface area contributed by atoms with Crippen LogP contribution in [0, 0.1) is 13.8 Å². The predicted octanol–water partition coefficient (Wildman–Crippen LogP) is 3.27. The zero-order valence-corrected chi connectivity index (χ0v) is 18.4. The van der Waals surface area contributed by atoms with Gasteiger partial charge in [-0.05, 0) is 31.4 Å². The number of carbonyl (C=O) groups is 1. The van der Waals surface area contributed by atoms with Crippen LogP contribution in [0.2, 0.25) is 0 Å². The van der Waals surface area contributed by atoms with Crippen LogP contribution in [-0.2, 0) is 17.8 Å². The van der Waals surface area contributed by atoms with E-state index in [1.807, 2.05) is 24.8 Å². The van der Waals surface area contributed by atoms with Gasteiger partial charge in [-0.25, -0.2) is 4.98 Å². The van der Waals surface area contributed by atoms with Crippen molar-refractivity contribution in [3.63, 3.8) is 0 Å². The van der Waals surface area contributed by atoms with Crippen LogP contribution >= 0.6 is 11.3 Å². The fourth-order valence-corrected chi connectivity index (χ4v) is 5.07. The summed E-state index contributed by atoms with van der Waals surface area (Å²) >= 11 is 1.54. The van der Waals surface area contributed by atoms with Gasteiger partial charge >= 0.3 is 0 Å². The number of nitrogens with zero attached hydrogens (tertiary/aromatic N) is 3. The number of benzene rings is 1. The number of aromatic nitrogens is 2. The van der Waals surface area contributed by atoms with Crippen molar-refractivity contribution in [1.29, 1.82) is 0 Å². The Bertz CT molecular complexity index is 1090. The first-order valence-corrected chi connectivity index (χ1v) is 11.4. The Morgan fingerprint density at radius 3 is 2.73 bits per heavy atom. The van der Waals surface area contributed by atoms with E-state index >= 15 is 0 Å². The van der Waals surface area contributed by atoms with Crippen LogP contribution in [0.3, 0.4) is 0 Å². The van der Waals surface area contributed by atoms with Crippen LogP contribution in [0.15, 0.2) is 35.1 Å². The molecule has 1 aliphatic heterocycles. The van der Waals surface area contributed by atoms with Crippen molar-refractivity contribution in [2.24, 2.45) is 0 Å². The second-order valence-corrected chi connectivity index (χ2v) is 9.18. The van der Waals surface area contributed by atoms with Gasteiger partial charge < -0.3 is 9.88 Å². The molecule has 0 aliphatic carbocycles. The third-order valence-electron chi connectivity index (χ3n) is 5.85. The monoisotopic (exact) mass is 424 g/mol. The van der Waals surface area contributed by atoms with Gasteiger partial charge in [0, 0.05) is 50.4 Å². The number of H-pyrrole nitrogens is 1. The highest BCUT2D eigenvalue weighted by atomic mass is 32.1. The molecule has 1 aliphatic rings. The summed E-state index contributed by atoms with van der Waals surface area (Å²) in [6, 6.07) is 10.5. The lowest BCUT2D eigenvalue weighted by Gasteiger charge is -2.22. The molecule has 0 unspecified atom stereocenters. The van der Waals surface area contributed by atoms with Crippen molar-refractivity contribution in [2.75, 3.05) is 26.2 Å². The van der Waals surface area contributed by atoms with E-state index in [1.54, 1.807) is 11.3 Å². The molecular weight excluding hydrogens is 396 g/mol. The summed E-state index contributed by atoms with van der Waals surface area (Å²) in [5, 5.41) is 0.679. The number of hydrogen-bond acceptors (Lipinski definition) is 5. The molecule has 1 amide bonds. The summed E-state index contributed by atoms with van der Waals surface area (Å²) in [5.41, 5.74) is 2.20. The molecule has 2 aromatic heterocycles. The number of amides is 1. The maximum atomic E-state index is 12.8. The number of fused-ring (bicyclic) bond motifs is 1. The largest absolute Gasteiger partial charge is 0.341 e. The SMILES string of the molecule is Cc1sc2nc(CCC(=O)N3CCCN(Cc4ccccc4)CC3)[nH]c(=O)c2c1C. The molecule has 158 valence electrons. The minimum absolute atomic E-state index is 0.101. The molecule has 7 heteroatoms. The van der Waals surface area contributed by atoms with Crippen molar-refractivity contribution < 1.29 is 4.79 Å². The Morgan fingerprint density at radius 1 is 1.13 bits per heavy atom. The lowest BCUT2D eigenvalue weighted by Crippen LogP contribution is -2.35. The van der Waals surface area contributed by atoms with E-state index in [4.69, 9.17) is 0 Å². The Balaban J connectivity index is 1.34. The van der Waals surface area contributed by atoms with Gasteiger partial charge in [-0.15, -0.1) is 11.3 Å². The summed E-state index contributed by atoms with van der Waals surface area (Å²) in [5.74, 6) is 0.737. The van der Waals surface area contributed by atoms with Gasteiger partial charge in [0.2, 0.25) is 5.91 Å². The molecule has 3 aromatic rings. The highest BCUT2D eigenvalue weighted by Crippen LogP contribution is 2.25.